The summed E-state index contributed by atoms with van der Waals surface area (Å²) in [4.78, 5) is 0. The summed E-state index contributed by atoms with van der Waals surface area (Å²) >= 11 is 0. The second kappa shape index (κ2) is 5.21. The summed E-state index contributed by atoms with van der Waals surface area (Å²) in [6.07, 6.45) is 2.56. The van der Waals surface area contributed by atoms with Crippen LogP contribution in [0.5, 0.6) is 11.5 Å². The van der Waals surface area contributed by atoms with Crippen molar-refractivity contribution in [2.45, 2.75) is 31.9 Å². The summed E-state index contributed by atoms with van der Waals surface area (Å²) in [6.45, 7) is 3.17. The Morgan fingerprint density at radius 2 is 2.06 bits per heavy atom. The van der Waals surface area contributed by atoms with Crippen molar-refractivity contribution in [3.8, 4) is 11.5 Å². The molecule has 1 saturated carbocycles. The summed E-state index contributed by atoms with van der Waals surface area (Å²) < 4.78 is 11.0. The van der Waals surface area contributed by atoms with E-state index in [0.29, 0.717) is 12.1 Å². The molecule has 0 bridgehead atoms. The van der Waals surface area contributed by atoms with Crippen LogP contribution in [0.3, 0.4) is 0 Å². The fraction of sp³-hybridized carbons (Fsp3) is 0.538. The number of hydrogen-bond donors (Lipinski definition) is 1. The quantitative estimate of drug-likeness (QED) is 0.827. The van der Waals surface area contributed by atoms with Crippen molar-refractivity contribution < 1.29 is 9.47 Å². The first-order valence-electron chi connectivity index (χ1n) is 5.86. The molecule has 0 amide bonds. The maximum absolute atomic E-state index is 5.85. The second-order valence-corrected chi connectivity index (χ2v) is 4.14. The van der Waals surface area contributed by atoms with Gasteiger partial charge in [0.25, 0.3) is 0 Å². The van der Waals surface area contributed by atoms with Crippen LogP contribution in [0.25, 0.3) is 0 Å². The van der Waals surface area contributed by atoms with Crippen molar-refractivity contribution in [3.05, 3.63) is 24.3 Å². The van der Waals surface area contributed by atoms with E-state index < -0.39 is 0 Å². The predicted molar refractivity (Wildman–Crippen MR) is 64.1 cm³/mol. The molecule has 1 aliphatic carbocycles. The highest BCUT2D eigenvalue weighted by Crippen LogP contribution is 2.27. The highest BCUT2D eigenvalue weighted by Gasteiger charge is 2.29. The third-order valence-electron chi connectivity index (χ3n) is 2.93. The molecule has 0 spiro atoms. The minimum atomic E-state index is 0.358. The lowest BCUT2D eigenvalue weighted by molar-refractivity contribution is 0.0857. The number of ether oxygens (including phenoxy) is 2. The molecule has 88 valence electrons. The van der Waals surface area contributed by atoms with E-state index in [1.165, 1.54) is 0 Å². The van der Waals surface area contributed by atoms with Gasteiger partial charge in [-0.1, -0.05) is 13.0 Å². The molecule has 3 heteroatoms. The molecule has 1 fully saturated rings. The largest absolute Gasteiger partial charge is 0.497 e. The lowest BCUT2D eigenvalue weighted by atomic mass is 9.89. The van der Waals surface area contributed by atoms with E-state index in [1.807, 2.05) is 24.3 Å². The van der Waals surface area contributed by atoms with Gasteiger partial charge in [0.1, 0.15) is 17.6 Å². The van der Waals surface area contributed by atoms with Gasteiger partial charge in [0.15, 0.2) is 0 Å². The number of rotatable bonds is 5. The lowest BCUT2D eigenvalue weighted by Crippen LogP contribution is -2.46. The SMILES string of the molecule is CCNC1CC(Oc2cccc(OC)c2)C1. The Balaban J connectivity index is 1.82. The molecule has 0 atom stereocenters. The summed E-state index contributed by atoms with van der Waals surface area (Å²) in [5, 5.41) is 3.42. The molecule has 0 saturated heterocycles. The zero-order valence-corrected chi connectivity index (χ0v) is 9.90. The maximum atomic E-state index is 5.85. The van der Waals surface area contributed by atoms with Crippen molar-refractivity contribution in [1.29, 1.82) is 0 Å². The summed E-state index contributed by atoms with van der Waals surface area (Å²) in [6, 6.07) is 8.42. The van der Waals surface area contributed by atoms with Crippen molar-refractivity contribution in [2.75, 3.05) is 13.7 Å². The van der Waals surface area contributed by atoms with E-state index in [9.17, 15) is 0 Å². The zero-order valence-electron chi connectivity index (χ0n) is 9.90. The summed E-state index contributed by atoms with van der Waals surface area (Å²) in [7, 11) is 1.67. The first-order valence-corrected chi connectivity index (χ1v) is 5.86. The molecule has 0 aromatic heterocycles. The molecule has 0 aliphatic heterocycles. The normalized spacial score (nSPS) is 23.6. The minimum absolute atomic E-state index is 0.358. The van der Waals surface area contributed by atoms with Gasteiger partial charge in [0.2, 0.25) is 0 Å². The van der Waals surface area contributed by atoms with Crippen LogP contribution in [0.4, 0.5) is 0 Å². The Morgan fingerprint density at radius 1 is 1.31 bits per heavy atom. The molecule has 1 N–H and O–H groups in total. The number of nitrogens with one attached hydrogen (secondary N) is 1. The van der Waals surface area contributed by atoms with Gasteiger partial charge in [0, 0.05) is 12.1 Å². The molecular weight excluding hydrogens is 202 g/mol. The van der Waals surface area contributed by atoms with Crippen LogP contribution in [0.15, 0.2) is 24.3 Å². The monoisotopic (exact) mass is 221 g/mol. The molecule has 16 heavy (non-hydrogen) atoms. The number of hydrogen-bond acceptors (Lipinski definition) is 3. The lowest BCUT2D eigenvalue weighted by Gasteiger charge is -2.35. The Bertz CT molecular complexity index is 334. The molecule has 3 nitrogen and oxygen atoms in total. The minimum Gasteiger partial charge on any atom is -0.497 e. The second-order valence-electron chi connectivity index (χ2n) is 4.14. The van der Waals surface area contributed by atoms with Crippen LogP contribution in [-0.2, 0) is 0 Å². The van der Waals surface area contributed by atoms with Crippen molar-refractivity contribution in [3.63, 3.8) is 0 Å². The van der Waals surface area contributed by atoms with Gasteiger partial charge in [-0.2, -0.15) is 0 Å². The first kappa shape index (κ1) is 11.3. The van der Waals surface area contributed by atoms with Gasteiger partial charge in [-0.25, -0.2) is 0 Å². The maximum Gasteiger partial charge on any atom is 0.123 e. The van der Waals surface area contributed by atoms with Crippen LogP contribution in [-0.4, -0.2) is 25.8 Å². The number of benzene rings is 1. The first-order chi connectivity index (χ1) is 7.81. The van der Waals surface area contributed by atoms with E-state index in [4.69, 9.17) is 9.47 Å². The molecule has 0 radical (unpaired) electrons. The van der Waals surface area contributed by atoms with Crippen LogP contribution in [0.2, 0.25) is 0 Å². The smallest absolute Gasteiger partial charge is 0.123 e. The van der Waals surface area contributed by atoms with E-state index in [-0.39, 0.29) is 0 Å². The topological polar surface area (TPSA) is 30.5 Å². The zero-order chi connectivity index (χ0) is 11.4. The van der Waals surface area contributed by atoms with Gasteiger partial charge in [-0.05, 0) is 31.5 Å². The summed E-state index contributed by atoms with van der Waals surface area (Å²) in [5.41, 5.74) is 0. The molecule has 0 unspecified atom stereocenters. The molecule has 1 aromatic rings. The van der Waals surface area contributed by atoms with Crippen LogP contribution < -0.4 is 14.8 Å². The number of methoxy groups -OCH3 is 1. The van der Waals surface area contributed by atoms with Crippen LogP contribution in [0.1, 0.15) is 19.8 Å². The standard InChI is InChI=1S/C13H19NO2/c1-3-14-10-7-13(8-10)16-12-6-4-5-11(9-12)15-2/h4-6,9-10,13-14H,3,7-8H2,1-2H3. The third-order valence-corrected chi connectivity index (χ3v) is 2.93. The van der Waals surface area contributed by atoms with E-state index in [2.05, 4.69) is 12.2 Å². The van der Waals surface area contributed by atoms with Crippen LogP contribution >= 0.6 is 0 Å². The molecule has 2 rings (SSSR count). The molecule has 1 aromatic carbocycles. The highest BCUT2D eigenvalue weighted by atomic mass is 16.5. The Labute approximate surface area is 96.8 Å². The van der Waals surface area contributed by atoms with Gasteiger partial charge in [0.05, 0.1) is 7.11 Å². The highest BCUT2D eigenvalue weighted by molar-refractivity contribution is 5.33. The van der Waals surface area contributed by atoms with Gasteiger partial charge < -0.3 is 14.8 Å². The fourth-order valence-corrected chi connectivity index (χ4v) is 1.98. The molecule has 0 heterocycles. The van der Waals surface area contributed by atoms with Gasteiger partial charge >= 0.3 is 0 Å². The van der Waals surface area contributed by atoms with Crippen molar-refractivity contribution in [1.82, 2.24) is 5.32 Å². The van der Waals surface area contributed by atoms with E-state index >= 15 is 0 Å². The Morgan fingerprint density at radius 3 is 2.75 bits per heavy atom. The average Bonchev–Trinajstić information content (AvgIpc) is 2.27. The van der Waals surface area contributed by atoms with Gasteiger partial charge in [-0.3, -0.25) is 0 Å². The van der Waals surface area contributed by atoms with Crippen molar-refractivity contribution in [2.24, 2.45) is 0 Å². The molecular formula is C13H19NO2. The average molecular weight is 221 g/mol. The van der Waals surface area contributed by atoms with E-state index in [1.54, 1.807) is 7.11 Å². The van der Waals surface area contributed by atoms with E-state index in [0.717, 1.165) is 30.9 Å². The van der Waals surface area contributed by atoms with Crippen molar-refractivity contribution >= 4 is 0 Å². The summed E-state index contributed by atoms with van der Waals surface area (Å²) in [5.74, 6) is 1.75. The molecule has 1 aliphatic rings. The third kappa shape index (κ3) is 2.67. The predicted octanol–water partition coefficient (Wildman–Crippen LogP) is 2.21. The fourth-order valence-electron chi connectivity index (χ4n) is 1.98. The van der Waals surface area contributed by atoms with Crippen LogP contribution in [0, 0.1) is 0 Å². The Hall–Kier alpha value is -1.22. The Kier molecular flexibility index (Phi) is 3.67. The van der Waals surface area contributed by atoms with Gasteiger partial charge in [-0.15, -0.1) is 0 Å².